The Hall–Kier alpha value is -7.02. The van der Waals surface area contributed by atoms with Crippen LogP contribution in [-0.2, 0) is 5.41 Å². The standard InChI is InChI=1S/C58H42/c1-58(2,3)57-36-42(38-15-12-14-37(32-38)40-27-30-53-49-22-6-4-18-45(49)47-20-8-10-24-51(47)55(53)34-40)26-29-44(57)43-17-13-16-39(33-43)41-28-31-54-50-23-7-5-19-46(50)48-21-9-11-25-52(48)56(54)35-41/h4-36H,1-3H3. The fourth-order valence-electron chi connectivity index (χ4n) is 9.52. The Kier molecular flexibility index (Phi) is 7.85. The predicted molar refractivity (Wildman–Crippen MR) is 252 cm³/mol. The molecule has 0 aromatic heterocycles. The van der Waals surface area contributed by atoms with Crippen LogP contribution >= 0.6 is 0 Å². The molecule has 0 heteroatoms. The van der Waals surface area contributed by atoms with E-state index >= 15 is 0 Å². The predicted octanol–water partition coefficient (Wildman–Crippen LogP) is 16.6. The smallest absolute Gasteiger partial charge is 0.00928 e. The molecule has 0 aliphatic carbocycles. The van der Waals surface area contributed by atoms with Crippen LogP contribution in [0.4, 0.5) is 0 Å². The van der Waals surface area contributed by atoms with E-state index in [2.05, 4.69) is 221 Å². The number of benzene rings is 11. The highest BCUT2D eigenvalue weighted by molar-refractivity contribution is 6.27. The lowest BCUT2D eigenvalue weighted by Crippen LogP contribution is -2.13. The number of rotatable bonds is 4. The minimum Gasteiger partial charge on any atom is -0.0616 e. The fourth-order valence-corrected chi connectivity index (χ4v) is 9.52. The fraction of sp³-hybridized carbons (Fsp3) is 0.0690. The third-order valence-electron chi connectivity index (χ3n) is 12.4. The Balaban J connectivity index is 0.988. The molecule has 0 unspecified atom stereocenters. The molecular weight excluding hydrogens is 697 g/mol. The summed E-state index contributed by atoms with van der Waals surface area (Å²) in [5.41, 5.74) is 11.2. The zero-order valence-electron chi connectivity index (χ0n) is 33.1. The molecule has 58 heavy (non-hydrogen) atoms. The molecule has 11 aromatic carbocycles. The average molecular weight is 739 g/mol. The third-order valence-corrected chi connectivity index (χ3v) is 12.4. The Labute approximate surface area is 339 Å². The minimum atomic E-state index is -0.0654. The highest BCUT2D eigenvalue weighted by Gasteiger charge is 2.21. The molecule has 11 aromatic rings. The summed E-state index contributed by atoms with van der Waals surface area (Å²) in [5, 5.41) is 15.6. The van der Waals surface area contributed by atoms with Gasteiger partial charge in [-0.1, -0.05) is 197 Å². The van der Waals surface area contributed by atoms with Crippen LogP contribution in [0.25, 0.3) is 109 Å². The van der Waals surface area contributed by atoms with Gasteiger partial charge in [0, 0.05) is 0 Å². The lowest BCUT2D eigenvalue weighted by Gasteiger charge is -2.25. The van der Waals surface area contributed by atoms with E-state index in [0.29, 0.717) is 0 Å². The van der Waals surface area contributed by atoms with Crippen LogP contribution in [0.15, 0.2) is 200 Å². The number of hydrogen-bond acceptors (Lipinski definition) is 0. The molecule has 0 saturated carbocycles. The molecule has 0 aliphatic rings. The van der Waals surface area contributed by atoms with E-state index in [1.807, 2.05) is 0 Å². The molecule has 0 aliphatic heterocycles. The molecule has 0 amide bonds. The molecule has 0 saturated heterocycles. The summed E-state index contributed by atoms with van der Waals surface area (Å²) in [7, 11) is 0. The molecule has 0 nitrogen and oxygen atoms in total. The van der Waals surface area contributed by atoms with E-state index in [1.54, 1.807) is 0 Å². The Morgan fingerprint density at radius 2 is 0.517 bits per heavy atom. The SMILES string of the molecule is CC(C)(C)c1cc(-c2cccc(-c3ccc4c5ccccc5c5ccccc5c4c3)c2)ccc1-c1cccc(-c2ccc3c4ccccc4c4ccccc4c3c2)c1. The van der Waals surface area contributed by atoms with Crippen molar-refractivity contribution in [3.8, 4) is 44.5 Å². The quantitative estimate of drug-likeness (QED) is 0.158. The summed E-state index contributed by atoms with van der Waals surface area (Å²) in [6, 6.07) is 74.5. The molecule has 0 N–H and O–H groups in total. The minimum absolute atomic E-state index is 0.0654. The molecular formula is C58H42. The second kappa shape index (κ2) is 13.3. The van der Waals surface area contributed by atoms with Gasteiger partial charge in [0.1, 0.15) is 0 Å². The second-order valence-electron chi connectivity index (χ2n) is 16.9. The summed E-state index contributed by atoms with van der Waals surface area (Å²) in [5.74, 6) is 0. The highest BCUT2D eigenvalue weighted by Crippen LogP contribution is 2.42. The second-order valence-corrected chi connectivity index (χ2v) is 16.9. The van der Waals surface area contributed by atoms with Crippen molar-refractivity contribution >= 4 is 64.6 Å². The first kappa shape index (κ1) is 34.2. The van der Waals surface area contributed by atoms with Crippen LogP contribution in [0.3, 0.4) is 0 Å². The summed E-state index contributed by atoms with van der Waals surface area (Å²) in [4.78, 5) is 0. The van der Waals surface area contributed by atoms with Crippen molar-refractivity contribution in [1.82, 2.24) is 0 Å². The van der Waals surface area contributed by atoms with Crippen molar-refractivity contribution in [2.24, 2.45) is 0 Å². The van der Waals surface area contributed by atoms with Crippen LogP contribution in [0.1, 0.15) is 26.3 Å². The van der Waals surface area contributed by atoms with Crippen LogP contribution in [0.2, 0.25) is 0 Å². The van der Waals surface area contributed by atoms with E-state index in [4.69, 9.17) is 0 Å². The number of fused-ring (bicyclic) bond motifs is 12. The summed E-state index contributed by atoms with van der Waals surface area (Å²) in [6.45, 7) is 6.99. The molecule has 274 valence electrons. The summed E-state index contributed by atoms with van der Waals surface area (Å²) < 4.78 is 0. The normalized spacial score (nSPS) is 12.1. The maximum atomic E-state index is 2.43. The van der Waals surface area contributed by atoms with Gasteiger partial charge in [0.2, 0.25) is 0 Å². The first-order chi connectivity index (χ1) is 28.4. The monoisotopic (exact) mass is 738 g/mol. The van der Waals surface area contributed by atoms with E-state index in [-0.39, 0.29) is 5.41 Å². The summed E-state index contributed by atoms with van der Waals surface area (Å²) in [6.07, 6.45) is 0. The lowest BCUT2D eigenvalue weighted by molar-refractivity contribution is 0.592. The molecule has 0 atom stereocenters. The van der Waals surface area contributed by atoms with Gasteiger partial charge >= 0.3 is 0 Å². The van der Waals surface area contributed by atoms with E-state index in [1.165, 1.54) is 115 Å². The van der Waals surface area contributed by atoms with Gasteiger partial charge in [0.15, 0.2) is 0 Å². The van der Waals surface area contributed by atoms with Crippen molar-refractivity contribution in [3.63, 3.8) is 0 Å². The van der Waals surface area contributed by atoms with Crippen molar-refractivity contribution < 1.29 is 0 Å². The number of hydrogen-bond donors (Lipinski definition) is 0. The van der Waals surface area contributed by atoms with Crippen molar-refractivity contribution in [3.05, 3.63) is 206 Å². The third kappa shape index (κ3) is 5.59. The van der Waals surface area contributed by atoms with Gasteiger partial charge in [-0.3, -0.25) is 0 Å². The molecule has 0 spiro atoms. The average Bonchev–Trinajstić information content (AvgIpc) is 3.28. The molecule has 0 fully saturated rings. The van der Waals surface area contributed by atoms with Gasteiger partial charge in [-0.2, -0.15) is 0 Å². The first-order valence-corrected chi connectivity index (χ1v) is 20.4. The van der Waals surface area contributed by atoms with Crippen LogP contribution < -0.4 is 0 Å². The van der Waals surface area contributed by atoms with E-state index in [9.17, 15) is 0 Å². The Morgan fingerprint density at radius 3 is 0.914 bits per heavy atom. The van der Waals surface area contributed by atoms with Crippen LogP contribution in [0, 0.1) is 0 Å². The summed E-state index contributed by atoms with van der Waals surface area (Å²) >= 11 is 0. The molecule has 11 rings (SSSR count). The van der Waals surface area contributed by atoms with Gasteiger partial charge < -0.3 is 0 Å². The van der Waals surface area contributed by atoms with Gasteiger partial charge in [0.25, 0.3) is 0 Å². The van der Waals surface area contributed by atoms with E-state index in [0.717, 1.165) is 0 Å². The zero-order valence-corrected chi connectivity index (χ0v) is 33.1. The Morgan fingerprint density at radius 1 is 0.224 bits per heavy atom. The lowest BCUT2D eigenvalue weighted by atomic mass is 9.80. The van der Waals surface area contributed by atoms with Gasteiger partial charge in [0.05, 0.1) is 0 Å². The van der Waals surface area contributed by atoms with Crippen molar-refractivity contribution in [2.75, 3.05) is 0 Å². The van der Waals surface area contributed by atoms with Crippen LogP contribution in [-0.4, -0.2) is 0 Å². The Bertz CT molecular complexity index is 3360. The molecule has 0 heterocycles. The largest absolute Gasteiger partial charge is 0.0616 e. The maximum absolute atomic E-state index is 2.43. The molecule has 0 bridgehead atoms. The zero-order chi connectivity index (χ0) is 39.0. The van der Waals surface area contributed by atoms with Crippen molar-refractivity contribution in [2.45, 2.75) is 26.2 Å². The highest BCUT2D eigenvalue weighted by atomic mass is 14.2. The molecule has 0 radical (unpaired) electrons. The van der Waals surface area contributed by atoms with Gasteiger partial charge in [-0.05, 0) is 144 Å². The first-order valence-electron chi connectivity index (χ1n) is 20.4. The van der Waals surface area contributed by atoms with Gasteiger partial charge in [-0.15, -0.1) is 0 Å². The van der Waals surface area contributed by atoms with Gasteiger partial charge in [-0.25, -0.2) is 0 Å². The topological polar surface area (TPSA) is 0 Å². The van der Waals surface area contributed by atoms with Crippen LogP contribution in [0.5, 0.6) is 0 Å². The van der Waals surface area contributed by atoms with E-state index < -0.39 is 0 Å². The van der Waals surface area contributed by atoms with Crippen molar-refractivity contribution in [1.29, 1.82) is 0 Å². The maximum Gasteiger partial charge on any atom is -0.00928 e.